The van der Waals surface area contributed by atoms with Crippen LogP contribution in [0.15, 0.2) is 4.99 Å². The van der Waals surface area contributed by atoms with E-state index in [9.17, 15) is 0 Å². The highest BCUT2D eigenvalue weighted by Gasteiger charge is 2.21. The van der Waals surface area contributed by atoms with Crippen molar-refractivity contribution in [1.82, 2.24) is 15.5 Å². The zero-order valence-electron chi connectivity index (χ0n) is 12.2. The van der Waals surface area contributed by atoms with Crippen LogP contribution in [0.4, 0.5) is 0 Å². The lowest BCUT2D eigenvalue weighted by atomic mass is 10.2. The third-order valence-electron chi connectivity index (χ3n) is 3.90. The minimum Gasteiger partial charge on any atom is -0.356 e. The second-order valence-corrected chi connectivity index (χ2v) is 5.58. The van der Waals surface area contributed by atoms with Gasteiger partial charge in [-0.2, -0.15) is 0 Å². The van der Waals surface area contributed by atoms with E-state index in [4.69, 9.17) is 0 Å². The Morgan fingerprint density at radius 2 is 1.79 bits per heavy atom. The maximum Gasteiger partial charge on any atom is 0.191 e. The molecule has 2 fully saturated rings. The summed E-state index contributed by atoms with van der Waals surface area (Å²) in [6.07, 6.45) is 8.34. The number of guanidine groups is 1. The molecule has 112 valence electrons. The van der Waals surface area contributed by atoms with Crippen LogP contribution >= 0.6 is 24.0 Å². The van der Waals surface area contributed by atoms with Gasteiger partial charge in [0.2, 0.25) is 0 Å². The Labute approximate surface area is 134 Å². The number of nitrogens with zero attached hydrogens (tertiary/aromatic N) is 2. The third kappa shape index (κ3) is 7.34. The van der Waals surface area contributed by atoms with Crippen LogP contribution in [0.25, 0.3) is 0 Å². The number of hydrogen-bond donors (Lipinski definition) is 2. The van der Waals surface area contributed by atoms with Crippen LogP contribution in [0.3, 0.4) is 0 Å². The van der Waals surface area contributed by atoms with E-state index in [2.05, 4.69) is 20.5 Å². The standard InChI is InChI=1S/C14H28N4.HI/c1-15-14(17-12-13-6-7-13)16-8-11-18-9-4-2-3-5-10-18;/h13H,2-12H2,1H3,(H2,15,16,17);1H. The van der Waals surface area contributed by atoms with Crippen molar-refractivity contribution in [3.05, 3.63) is 0 Å². The summed E-state index contributed by atoms with van der Waals surface area (Å²) in [5, 5.41) is 6.82. The fourth-order valence-corrected chi connectivity index (χ4v) is 2.48. The topological polar surface area (TPSA) is 39.7 Å². The van der Waals surface area contributed by atoms with Crippen molar-refractivity contribution in [2.24, 2.45) is 10.9 Å². The summed E-state index contributed by atoms with van der Waals surface area (Å²) in [6.45, 7) is 5.78. The quantitative estimate of drug-likeness (QED) is 0.436. The van der Waals surface area contributed by atoms with Gasteiger partial charge in [-0.1, -0.05) is 12.8 Å². The molecule has 0 aromatic carbocycles. The molecule has 1 saturated heterocycles. The summed E-state index contributed by atoms with van der Waals surface area (Å²) in [7, 11) is 1.86. The molecular weight excluding hydrogens is 351 g/mol. The first kappa shape index (κ1) is 17.0. The molecule has 5 heteroatoms. The molecule has 19 heavy (non-hydrogen) atoms. The largest absolute Gasteiger partial charge is 0.356 e. The van der Waals surface area contributed by atoms with Gasteiger partial charge >= 0.3 is 0 Å². The van der Waals surface area contributed by atoms with E-state index < -0.39 is 0 Å². The second-order valence-electron chi connectivity index (χ2n) is 5.58. The number of nitrogens with one attached hydrogen (secondary N) is 2. The Morgan fingerprint density at radius 3 is 2.37 bits per heavy atom. The Kier molecular flexibility index (Phi) is 8.77. The highest BCUT2D eigenvalue weighted by atomic mass is 127. The molecule has 0 unspecified atom stereocenters. The summed E-state index contributed by atoms with van der Waals surface area (Å²) < 4.78 is 0. The first-order chi connectivity index (χ1) is 8.88. The van der Waals surface area contributed by atoms with Crippen LogP contribution in [0.5, 0.6) is 0 Å². The molecule has 0 bridgehead atoms. The van der Waals surface area contributed by atoms with Crippen molar-refractivity contribution in [2.45, 2.75) is 38.5 Å². The van der Waals surface area contributed by atoms with Crippen LogP contribution in [0, 0.1) is 5.92 Å². The average molecular weight is 380 g/mol. The molecule has 1 aliphatic carbocycles. The van der Waals surface area contributed by atoms with E-state index >= 15 is 0 Å². The van der Waals surface area contributed by atoms with Crippen LogP contribution in [0.1, 0.15) is 38.5 Å². The van der Waals surface area contributed by atoms with Crippen molar-refractivity contribution in [1.29, 1.82) is 0 Å². The summed E-state index contributed by atoms with van der Waals surface area (Å²) >= 11 is 0. The van der Waals surface area contributed by atoms with Gasteiger partial charge in [-0.25, -0.2) is 0 Å². The van der Waals surface area contributed by atoms with Gasteiger partial charge in [0.15, 0.2) is 5.96 Å². The molecule has 0 spiro atoms. The molecule has 2 aliphatic rings. The molecule has 0 aromatic heterocycles. The van der Waals surface area contributed by atoms with E-state index in [1.165, 1.54) is 51.6 Å². The van der Waals surface area contributed by atoms with Gasteiger partial charge in [-0.15, -0.1) is 24.0 Å². The zero-order valence-corrected chi connectivity index (χ0v) is 14.5. The predicted molar refractivity (Wildman–Crippen MR) is 92.4 cm³/mol. The average Bonchev–Trinajstić information content (AvgIpc) is 3.20. The third-order valence-corrected chi connectivity index (χ3v) is 3.90. The smallest absolute Gasteiger partial charge is 0.191 e. The van der Waals surface area contributed by atoms with Crippen molar-refractivity contribution in [3.8, 4) is 0 Å². The minimum atomic E-state index is 0. The minimum absolute atomic E-state index is 0. The van der Waals surface area contributed by atoms with Crippen LogP contribution < -0.4 is 10.6 Å². The summed E-state index contributed by atoms with van der Waals surface area (Å²) in [6, 6.07) is 0. The first-order valence-electron chi connectivity index (χ1n) is 7.55. The molecule has 2 N–H and O–H groups in total. The first-order valence-corrected chi connectivity index (χ1v) is 7.55. The molecule has 0 atom stereocenters. The Hall–Kier alpha value is -0.0400. The van der Waals surface area contributed by atoms with Gasteiger partial charge in [0, 0.05) is 26.7 Å². The van der Waals surface area contributed by atoms with Gasteiger partial charge in [0.25, 0.3) is 0 Å². The number of hydrogen-bond acceptors (Lipinski definition) is 2. The van der Waals surface area contributed by atoms with E-state index in [0.29, 0.717) is 0 Å². The molecule has 1 heterocycles. The van der Waals surface area contributed by atoms with Crippen LogP contribution in [-0.2, 0) is 0 Å². The molecular formula is C14H29IN4. The predicted octanol–water partition coefficient (Wildman–Crippen LogP) is 2.06. The van der Waals surface area contributed by atoms with E-state index in [-0.39, 0.29) is 24.0 Å². The van der Waals surface area contributed by atoms with Gasteiger partial charge in [-0.05, 0) is 44.7 Å². The van der Waals surface area contributed by atoms with Gasteiger partial charge in [-0.3, -0.25) is 4.99 Å². The number of likely N-dealkylation sites (tertiary alicyclic amines) is 1. The summed E-state index contributed by atoms with van der Waals surface area (Å²) in [5.74, 6) is 1.87. The van der Waals surface area contributed by atoms with Gasteiger partial charge < -0.3 is 15.5 Å². The van der Waals surface area contributed by atoms with Crippen molar-refractivity contribution in [2.75, 3.05) is 39.8 Å². The lowest BCUT2D eigenvalue weighted by Gasteiger charge is -2.20. The van der Waals surface area contributed by atoms with Crippen LogP contribution in [-0.4, -0.2) is 50.6 Å². The van der Waals surface area contributed by atoms with E-state index in [0.717, 1.165) is 31.5 Å². The maximum atomic E-state index is 4.26. The lowest BCUT2D eigenvalue weighted by molar-refractivity contribution is 0.289. The van der Waals surface area contributed by atoms with E-state index in [1.54, 1.807) is 0 Å². The number of aliphatic imine (C=N–C) groups is 1. The monoisotopic (exact) mass is 380 g/mol. The Morgan fingerprint density at radius 1 is 1.11 bits per heavy atom. The molecule has 2 rings (SSSR count). The fraction of sp³-hybridized carbons (Fsp3) is 0.929. The number of halogens is 1. The highest BCUT2D eigenvalue weighted by molar-refractivity contribution is 14.0. The summed E-state index contributed by atoms with van der Waals surface area (Å²) in [4.78, 5) is 6.84. The molecule has 0 amide bonds. The molecule has 0 radical (unpaired) electrons. The van der Waals surface area contributed by atoms with Crippen molar-refractivity contribution < 1.29 is 0 Å². The lowest BCUT2D eigenvalue weighted by Crippen LogP contribution is -2.42. The zero-order chi connectivity index (χ0) is 12.6. The van der Waals surface area contributed by atoms with Gasteiger partial charge in [0.05, 0.1) is 0 Å². The van der Waals surface area contributed by atoms with E-state index in [1.807, 2.05) is 7.05 Å². The summed E-state index contributed by atoms with van der Waals surface area (Å²) in [5.41, 5.74) is 0. The molecule has 0 aromatic rings. The van der Waals surface area contributed by atoms with Crippen molar-refractivity contribution in [3.63, 3.8) is 0 Å². The SMILES string of the molecule is CN=C(NCCN1CCCCCC1)NCC1CC1.I. The van der Waals surface area contributed by atoms with Gasteiger partial charge in [0.1, 0.15) is 0 Å². The molecule has 1 saturated carbocycles. The maximum absolute atomic E-state index is 4.26. The number of rotatable bonds is 5. The van der Waals surface area contributed by atoms with Crippen LogP contribution in [0.2, 0.25) is 0 Å². The highest BCUT2D eigenvalue weighted by Crippen LogP contribution is 2.27. The normalized spacial score (nSPS) is 21.4. The fourth-order valence-electron chi connectivity index (χ4n) is 2.48. The second kappa shape index (κ2) is 9.80. The van der Waals surface area contributed by atoms with Crippen molar-refractivity contribution >= 4 is 29.9 Å². The molecule has 4 nitrogen and oxygen atoms in total. The molecule has 1 aliphatic heterocycles. The Bertz CT molecular complexity index is 258. The Balaban J connectivity index is 0.00000180.